The number of anilines is 1. The number of para-hydroxylation sites is 1. The summed E-state index contributed by atoms with van der Waals surface area (Å²) in [6, 6.07) is 15.2. The molecule has 1 amide bonds. The maximum Gasteiger partial charge on any atom is 0.251 e. The van der Waals surface area contributed by atoms with Crippen LogP contribution in [-0.2, 0) is 0 Å². The number of carbonyl (C=O) groups is 1. The van der Waals surface area contributed by atoms with Gasteiger partial charge in [0.2, 0.25) is 0 Å². The molecule has 0 fully saturated rings. The molecule has 128 valence electrons. The number of ether oxygens (including phenoxy) is 1. The van der Waals surface area contributed by atoms with Gasteiger partial charge in [-0.25, -0.2) is 0 Å². The molecule has 5 nitrogen and oxygen atoms in total. The first-order valence-electron chi connectivity index (χ1n) is 8.13. The molecule has 1 atom stereocenters. The molecule has 0 aliphatic carbocycles. The summed E-state index contributed by atoms with van der Waals surface area (Å²) in [5.74, 6) is 0.659. The van der Waals surface area contributed by atoms with Gasteiger partial charge >= 0.3 is 0 Å². The van der Waals surface area contributed by atoms with Crippen LogP contribution in [0.25, 0.3) is 0 Å². The van der Waals surface area contributed by atoms with Crippen LogP contribution in [0.2, 0.25) is 0 Å². The zero-order valence-corrected chi connectivity index (χ0v) is 14.1. The fourth-order valence-corrected chi connectivity index (χ4v) is 2.47. The third kappa shape index (κ3) is 4.73. The van der Waals surface area contributed by atoms with Crippen molar-refractivity contribution in [2.24, 2.45) is 0 Å². The number of amides is 1. The summed E-state index contributed by atoms with van der Waals surface area (Å²) < 4.78 is 5.67. The minimum atomic E-state index is -0.199. The van der Waals surface area contributed by atoms with Crippen LogP contribution in [0.4, 0.5) is 5.69 Å². The Kier molecular flexibility index (Phi) is 6.63. The summed E-state index contributed by atoms with van der Waals surface area (Å²) >= 11 is 0. The smallest absolute Gasteiger partial charge is 0.251 e. The number of rotatable bonds is 8. The molecule has 2 aromatic rings. The van der Waals surface area contributed by atoms with Crippen LogP contribution in [0.1, 0.15) is 35.8 Å². The molecule has 0 radical (unpaired) electrons. The highest BCUT2D eigenvalue weighted by Gasteiger charge is 2.12. The summed E-state index contributed by atoms with van der Waals surface area (Å²) in [6.07, 6.45) is 0. The van der Waals surface area contributed by atoms with Crippen LogP contribution in [0.5, 0.6) is 5.75 Å². The van der Waals surface area contributed by atoms with Crippen molar-refractivity contribution < 1.29 is 14.6 Å². The summed E-state index contributed by atoms with van der Waals surface area (Å²) in [7, 11) is 0. The van der Waals surface area contributed by atoms with E-state index in [-0.39, 0.29) is 25.1 Å². The van der Waals surface area contributed by atoms with Gasteiger partial charge in [0.1, 0.15) is 5.75 Å². The highest BCUT2D eigenvalue weighted by Crippen LogP contribution is 2.28. The van der Waals surface area contributed by atoms with Crippen LogP contribution in [0, 0.1) is 0 Å². The lowest BCUT2D eigenvalue weighted by molar-refractivity contribution is 0.0945. The Morgan fingerprint density at radius 1 is 1.21 bits per heavy atom. The lowest BCUT2D eigenvalue weighted by Gasteiger charge is -2.19. The minimum Gasteiger partial charge on any atom is -0.494 e. The highest BCUT2D eigenvalue weighted by atomic mass is 16.5. The molecular formula is C19H24N2O3. The lowest BCUT2D eigenvalue weighted by Crippen LogP contribution is -2.26. The van der Waals surface area contributed by atoms with E-state index in [1.165, 1.54) is 0 Å². The van der Waals surface area contributed by atoms with E-state index in [0.29, 0.717) is 12.2 Å². The molecule has 0 saturated carbocycles. The van der Waals surface area contributed by atoms with Crippen molar-refractivity contribution in [1.82, 2.24) is 5.32 Å². The molecule has 2 aromatic carbocycles. The van der Waals surface area contributed by atoms with Crippen LogP contribution in [0.3, 0.4) is 0 Å². The van der Waals surface area contributed by atoms with E-state index >= 15 is 0 Å². The number of aliphatic hydroxyl groups excluding tert-OH is 1. The fourth-order valence-electron chi connectivity index (χ4n) is 2.47. The average Bonchev–Trinajstić information content (AvgIpc) is 2.60. The molecule has 3 N–H and O–H groups in total. The predicted molar refractivity (Wildman–Crippen MR) is 95.5 cm³/mol. The standard InChI is InChI=1S/C19H24N2O3/c1-3-24-18-10-5-4-9-17(18)14(2)21-16-8-6-7-15(13-16)19(23)20-11-12-22/h4-10,13-14,21-22H,3,11-12H2,1-2H3,(H,20,23). The minimum absolute atomic E-state index is 0.0310. The van der Waals surface area contributed by atoms with Gasteiger partial charge in [0.15, 0.2) is 0 Å². The Morgan fingerprint density at radius 3 is 2.75 bits per heavy atom. The summed E-state index contributed by atoms with van der Waals surface area (Å²) in [6.45, 7) is 4.80. The summed E-state index contributed by atoms with van der Waals surface area (Å²) in [5, 5.41) is 14.8. The summed E-state index contributed by atoms with van der Waals surface area (Å²) in [5.41, 5.74) is 2.47. The van der Waals surface area contributed by atoms with E-state index in [2.05, 4.69) is 17.6 Å². The zero-order valence-electron chi connectivity index (χ0n) is 14.1. The van der Waals surface area contributed by atoms with E-state index in [9.17, 15) is 4.79 Å². The molecule has 0 aromatic heterocycles. The first kappa shape index (κ1) is 17.8. The van der Waals surface area contributed by atoms with E-state index in [0.717, 1.165) is 17.0 Å². The number of benzene rings is 2. The predicted octanol–water partition coefficient (Wildman–Crippen LogP) is 2.98. The van der Waals surface area contributed by atoms with Gasteiger partial charge in [-0.05, 0) is 38.1 Å². The number of hydrogen-bond donors (Lipinski definition) is 3. The molecule has 24 heavy (non-hydrogen) atoms. The van der Waals surface area contributed by atoms with Crippen molar-refractivity contribution in [3.8, 4) is 5.75 Å². The third-order valence-electron chi connectivity index (χ3n) is 3.59. The Labute approximate surface area is 142 Å². The van der Waals surface area contributed by atoms with Crippen LogP contribution >= 0.6 is 0 Å². The van der Waals surface area contributed by atoms with Gasteiger partial charge in [0.25, 0.3) is 5.91 Å². The number of carbonyl (C=O) groups excluding carboxylic acids is 1. The second-order valence-corrected chi connectivity index (χ2v) is 5.40. The first-order valence-corrected chi connectivity index (χ1v) is 8.13. The van der Waals surface area contributed by atoms with Crippen molar-refractivity contribution in [1.29, 1.82) is 0 Å². The Morgan fingerprint density at radius 2 is 2.00 bits per heavy atom. The van der Waals surface area contributed by atoms with Gasteiger partial charge in [-0.15, -0.1) is 0 Å². The largest absolute Gasteiger partial charge is 0.494 e. The molecule has 2 rings (SSSR count). The number of nitrogens with one attached hydrogen (secondary N) is 2. The highest BCUT2D eigenvalue weighted by molar-refractivity contribution is 5.95. The number of hydrogen-bond acceptors (Lipinski definition) is 4. The fraction of sp³-hybridized carbons (Fsp3) is 0.316. The van der Waals surface area contributed by atoms with Crippen LogP contribution in [-0.4, -0.2) is 30.8 Å². The lowest BCUT2D eigenvalue weighted by atomic mass is 10.1. The topological polar surface area (TPSA) is 70.6 Å². The normalized spacial score (nSPS) is 11.6. The maximum atomic E-state index is 12.0. The zero-order chi connectivity index (χ0) is 17.4. The number of aliphatic hydroxyl groups is 1. The van der Waals surface area contributed by atoms with Gasteiger partial charge in [0, 0.05) is 23.4 Å². The molecule has 1 unspecified atom stereocenters. The van der Waals surface area contributed by atoms with Crippen molar-refractivity contribution in [2.75, 3.05) is 25.1 Å². The first-order chi connectivity index (χ1) is 11.7. The second kappa shape index (κ2) is 8.93. The van der Waals surface area contributed by atoms with Crippen molar-refractivity contribution in [3.63, 3.8) is 0 Å². The van der Waals surface area contributed by atoms with Gasteiger partial charge in [-0.1, -0.05) is 24.3 Å². The van der Waals surface area contributed by atoms with Crippen LogP contribution in [0.15, 0.2) is 48.5 Å². The third-order valence-corrected chi connectivity index (χ3v) is 3.59. The Balaban J connectivity index is 2.12. The van der Waals surface area contributed by atoms with E-state index in [4.69, 9.17) is 9.84 Å². The second-order valence-electron chi connectivity index (χ2n) is 5.40. The van der Waals surface area contributed by atoms with Gasteiger partial charge < -0.3 is 20.5 Å². The maximum absolute atomic E-state index is 12.0. The Bertz CT molecular complexity index is 673. The molecule has 0 heterocycles. The van der Waals surface area contributed by atoms with Crippen molar-refractivity contribution >= 4 is 11.6 Å². The van der Waals surface area contributed by atoms with Gasteiger partial charge in [0.05, 0.1) is 19.3 Å². The quantitative estimate of drug-likeness (QED) is 0.697. The van der Waals surface area contributed by atoms with Gasteiger partial charge in [-0.3, -0.25) is 4.79 Å². The van der Waals surface area contributed by atoms with E-state index < -0.39 is 0 Å². The summed E-state index contributed by atoms with van der Waals surface area (Å²) in [4.78, 5) is 12.0. The van der Waals surface area contributed by atoms with Gasteiger partial charge in [-0.2, -0.15) is 0 Å². The molecule has 0 saturated heterocycles. The molecule has 0 aliphatic heterocycles. The molecule has 0 bridgehead atoms. The molecule has 0 aliphatic rings. The van der Waals surface area contributed by atoms with E-state index in [1.54, 1.807) is 12.1 Å². The molecule has 5 heteroatoms. The van der Waals surface area contributed by atoms with E-state index in [1.807, 2.05) is 43.3 Å². The SMILES string of the molecule is CCOc1ccccc1C(C)Nc1cccc(C(=O)NCCO)c1. The average molecular weight is 328 g/mol. The van der Waals surface area contributed by atoms with Crippen LogP contribution < -0.4 is 15.4 Å². The van der Waals surface area contributed by atoms with Crippen molar-refractivity contribution in [2.45, 2.75) is 19.9 Å². The molecule has 0 spiro atoms. The molecular weight excluding hydrogens is 304 g/mol. The monoisotopic (exact) mass is 328 g/mol. The van der Waals surface area contributed by atoms with Crippen molar-refractivity contribution in [3.05, 3.63) is 59.7 Å². The Hall–Kier alpha value is -2.53.